The Bertz CT molecular complexity index is 456. The van der Waals surface area contributed by atoms with Crippen molar-refractivity contribution in [2.24, 2.45) is 5.41 Å². The van der Waals surface area contributed by atoms with Crippen molar-refractivity contribution in [1.82, 2.24) is 0 Å². The molecule has 0 aliphatic rings. The van der Waals surface area contributed by atoms with Gasteiger partial charge in [-0.1, -0.05) is 0 Å². The van der Waals surface area contributed by atoms with Crippen molar-refractivity contribution in [3.8, 4) is 0 Å². The molecule has 110 valence electrons. The van der Waals surface area contributed by atoms with Gasteiger partial charge in [-0.25, -0.2) is 0 Å². The Morgan fingerprint density at radius 2 is 1.85 bits per heavy atom. The quantitative estimate of drug-likeness (QED) is 0.581. The summed E-state index contributed by atoms with van der Waals surface area (Å²) in [7, 11) is 1.34. The minimum absolute atomic E-state index is 0.203. The van der Waals surface area contributed by atoms with Gasteiger partial charge in [0.1, 0.15) is 0 Å². The average molecular weight is 343 g/mol. The van der Waals surface area contributed by atoms with E-state index in [1.807, 2.05) is 30.3 Å². The molecular weight excluding hydrogens is 323 g/mol. The molecule has 0 saturated carbocycles. The Hall–Kier alpha value is -1.32. The van der Waals surface area contributed by atoms with E-state index in [0.29, 0.717) is 6.61 Å². The summed E-state index contributed by atoms with van der Waals surface area (Å²) in [6.07, 6.45) is 0. The maximum absolute atomic E-state index is 12.2. The summed E-state index contributed by atoms with van der Waals surface area (Å²) in [5, 5.41) is 0. The van der Waals surface area contributed by atoms with E-state index in [1.54, 1.807) is 20.8 Å². The first-order chi connectivity index (χ1) is 9.43. The van der Waals surface area contributed by atoms with Crippen LogP contribution in [-0.2, 0) is 19.1 Å². The fourth-order valence-corrected chi connectivity index (χ4v) is 4.11. The first-order valence-electron chi connectivity index (χ1n) is 6.40. The van der Waals surface area contributed by atoms with Crippen molar-refractivity contribution in [2.45, 2.75) is 25.6 Å². The molecule has 1 unspecified atom stereocenters. The van der Waals surface area contributed by atoms with Gasteiger partial charge in [-0.15, -0.1) is 0 Å². The number of esters is 2. The number of benzene rings is 1. The van der Waals surface area contributed by atoms with Gasteiger partial charge in [-0.05, 0) is 0 Å². The van der Waals surface area contributed by atoms with E-state index in [1.165, 1.54) is 7.11 Å². The number of carbonyl (C=O) groups excluding carboxylic acids is 2. The van der Waals surface area contributed by atoms with Crippen LogP contribution >= 0.6 is 0 Å². The van der Waals surface area contributed by atoms with Crippen LogP contribution in [-0.4, -0.2) is 40.6 Å². The number of methoxy groups -OCH3 is 1. The molecule has 5 heteroatoms. The Morgan fingerprint density at radius 3 is 2.35 bits per heavy atom. The number of rotatable bonds is 6. The van der Waals surface area contributed by atoms with E-state index in [-0.39, 0.29) is 20.9 Å². The van der Waals surface area contributed by atoms with Crippen molar-refractivity contribution < 1.29 is 19.1 Å². The van der Waals surface area contributed by atoms with Gasteiger partial charge in [0.25, 0.3) is 0 Å². The molecule has 0 amide bonds. The molecule has 20 heavy (non-hydrogen) atoms. The maximum atomic E-state index is 12.2. The fourth-order valence-electron chi connectivity index (χ4n) is 1.71. The van der Waals surface area contributed by atoms with Crippen LogP contribution in [0.5, 0.6) is 0 Å². The van der Waals surface area contributed by atoms with Crippen LogP contribution in [0.15, 0.2) is 30.3 Å². The van der Waals surface area contributed by atoms with Crippen LogP contribution < -0.4 is 4.46 Å². The molecule has 1 aromatic carbocycles. The third kappa shape index (κ3) is 4.09. The van der Waals surface area contributed by atoms with E-state index >= 15 is 0 Å². The summed E-state index contributed by atoms with van der Waals surface area (Å²) in [6, 6.07) is 9.68. The summed E-state index contributed by atoms with van der Waals surface area (Å²) in [4.78, 5) is 23.6. The van der Waals surface area contributed by atoms with Gasteiger partial charge in [0, 0.05) is 0 Å². The zero-order chi connectivity index (χ0) is 15.2. The third-order valence-electron chi connectivity index (χ3n) is 2.86. The van der Waals surface area contributed by atoms with Crippen molar-refractivity contribution in [1.29, 1.82) is 0 Å². The summed E-state index contributed by atoms with van der Waals surface area (Å²) >= 11 is -0.203. The molecule has 0 aromatic heterocycles. The first kappa shape index (κ1) is 16.7. The van der Waals surface area contributed by atoms with Crippen molar-refractivity contribution in [3.05, 3.63) is 30.3 Å². The Labute approximate surface area is 126 Å². The molecule has 0 spiro atoms. The first-order valence-corrected chi connectivity index (χ1v) is 8.24. The molecule has 0 bridgehead atoms. The SMILES string of the molecule is CCOC(=O)C([Se]c1ccccc1)C(C)(C)C(=O)OC. The summed E-state index contributed by atoms with van der Waals surface area (Å²) < 4.78 is 11.0. The molecule has 0 N–H and O–H groups in total. The normalized spacial score (nSPS) is 12.6. The van der Waals surface area contributed by atoms with Crippen LogP contribution in [0.2, 0.25) is 4.82 Å². The van der Waals surface area contributed by atoms with E-state index in [2.05, 4.69) is 0 Å². The Morgan fingerprint density at radius 1 is 1.25 bits per heavy atom. The predicted octanol–water partition coefficient (Wildman–Crippen LogP) is 1.57. The van der Waals surface area contributed by atoms with Gasteiger partial charge in [-0.3, -0.25) is 0 Å². The summed E-state index contributed by atoms with van der Waals surface area (Å²) in [5.74, 6) is -0.736. The van der Waals surface area contributed by atoms with Gasteiger partial charge < -0.3 is 0 Å². The molecule has 1 rings (SSSR count). The van der Waals surface area contributed by atoms with Gasteiger partial charge in [0.15, 0.2) is 0 Å². The second-order valence-corrected chi connectivity index (χ2v) is 7.25. The predicted molar refractivity (Wildman–Crippen MR) is 78.0 cm³/mol. The number of ether oxygens (including phenoxy) is 2. The van der Waals surface area contributed by atoms with Gasteiger partial charge >= 0.3 is 125 Å². The van der Waals surface area contributed by atoms with Crippen LogP contribution in [0.25, 0.3) is 0 Å². The van der Waals surface area contributed by atoms with Crippen LogP contribution in [0.1, 0.15) is 20.8 Å². The molecule has 0 saturated heterocycles. The van der Waals surface area contributed by atoms with E-state index in [9.17, 15) is 9.59 Å². The Balaban J connectivity index is 3.02. The summed E-state index contributed by atoms with van der Waals surface area (Å²) in [5.41, 5.74) is -0.906. The van der Waals surface area contributed by atoms with Crippen molar-refractivity contribution >= 4 is 31.4 Å². The van der Waals surface area contributed by atoms with Crippen molar-refractivity contribution in [3.63, 3.8) is 0 Å². The van der Waals surface area contributed by atoms with Crippen LogP contribution in [0, 0.1) is 5.41 Å². The fraction of sp³-hybridized carbons (Fsp3) is 0.467. The molecule has 0 aliphatic heterocycles. The summed E-state index contributed by atoms with van der Waals surface area (Å²) in [6.45, 7) is 5.52. The van der Waals surface area contributed by atoms with Gasteiger partial charge in [-0.2, -0.15) is 0 Å². The molecule has 0 aliphatic carbocycles. The number of hydrogen-bond donors (Lipinski definition) is 0. The second kappa shape index (κ2) is 7.46. The second-order valence-electron chi connectivity index (χ2n) is 4.78. The third-order valence-corrected chi connectivity index (χ3v) is 6.14. The zero-order valence-corrected chi connectivity index (χ0v) is 13.9. The molecule has 1 aromatic rings. The van der Waals surface area contributed by atoms with E-state index in [4.69, 9.17) is 9.47 Å². The van der Waals surface area contributed by atoms with E-state index in [0.717, 1.165) is 4.46 Å². The number of hydrogen-bond acceptors (Lipinski definition) is 4. The number of carbonyl (C=O) groups is 2. The minimum atomic E-state index is -0.906. The molecule has 0 fully saturated rings. The molecule has 1 atom stereocenters. The monoisotopic (exact) mass is 344 g/mol. The van der Waals surface area contributed by atoms with Crippen LogP contribution in [0.3, 0.4) is 0 Å². The van der Waals surface area contributed by atoms with Crippen molar-refractivity contribution in [2.75, 3.05) is 13.7 Å². The van der Waals surface area contributed by atoms with Gasteiger partial charge in [0.05, 0.1) is 0 Å². The van der Waals surface area contributed by atoms with Gasteiger partial charge in [0.2, 0.25) is 0 Å². The molecule has 0 heterocycles. The topological polar surface area (TPSA) is 52.6 Å². The zero-order valence-electron chi connectivity index (χ0n) is 12.2. The molecular formula is C15H20O4Se. The Kier molecular flexibility index (Phi) is 6.24. The molecule has 0 radical (unpaired) electrons. The standard InChI is InChI=1S/C15H20O4Se/c1-5-19-13(16)12(15(2,3)14(17)18-4)20-11-9-7-6-8-10-11/h6-10,12H,5H2,1-4H3. The van der Waals surface area contributed by atoms with E-state index < -0.39 is 16.2 Å². The van der Waals surface area contributed by atoms with Crippen LogP contribution in [0.4, 0.5) is 0 Å². The average Bonchev–Trinajstić information content (AvgIpc) is 2.44. The molecule has 4 nitrogen and oxygen atoms in total.